The Kier molecular flexibility index (Phi) is 3.20. The van der Waals surface area contributed by atoms with Crippen LogP contribution in [0.4, 0.5) is 0 Å². The molecule has 0 saturated heterocycles. The zero-order valence-corrected chi connectivity index (χ0v) is 10.9. The van der Waals surface area contributed by atoms with Crippen molar-refractivity contribution >= 4 is 5.97 Å². The maximum Gasteiger partial charge on any atom is 0.309 e. The number of hydrogen-bond acceptors (Lipinski definition) is 2. The van der Waals surface area contributed by atoms with Gasteiger partial charge in [0.05, 0.1) is 12.0 Å². The summed E-state index contributed by atoms with van der Waals surface area (Å²) in [5.41, 5.74) is 1.30. The Morgan fingerprint density at radius 1 is 1.33 bits per heavy atom. The first-order valence-electron chi connectivity index (χ1n) is 6.34. The lowest BCUT2D eigenvalue weighted by Crippen LogP contribution is -2.27. The highest BCUT2D eigenvalue weighted by atomic mass is 16.4. The number of carboxylic acid groups (broad SMARTS) is 1. The Balaban J connectivity index is 2.32. The van der Waals surface area contributed by atoms with Gasteiger partial charge in [0.2, 0.25) is 0 Å². The molecule has 0 radical (unpaired) electrons. The highest BCUT2D eigenvalue weighted by Crippen LogP contribution is 2.49. The Morgan fingerprint density at radius 3 is 2.44 bits per heavy atom. The molecule has 0 aliphatic heterocycles. The predicted molar refractivity (Wildman–Crippen MR) is 69.6 cm³/mol. The van der Waals surface area contributed by atoms with Gasteiger partial charge in [-0.15, -0.1) is 0 Å². The molecule has 0 aromatic heterocycles. The summed E-state index contributed by atoms with van der Waals surface area (Å²) in [4.78, 5) is 11.2. The van der Waals surface area contributed by atoms with E-state index in [1.54, 1.807) is 13.8 Å². The van der Waals surface area contributed by atoms with Crippen LogP contribution in [0, 0.1) is 5.41 Å². The van der Waals surface area contributed by atoms with E-state index in [9.17, 15) is 15.0 Å². The Hall–Kier alpha value is -1.35. The Morgan fingerprint density at radius 2 is 1.94 bits per heavy atom. The second-order valence-electron chi connectivity index (χ2n) is 5.96. The van der Waals surface area contributed by atoms with Gasteiger partial charge in [-0.25, -0.2) is 0 Å². The molecule has 2 N–H and O–H groups in total. The topological polar surface area (TPSA) is 57.5 Å². The van der Waals surface area contributed by atoms with Gasteiger partial charge in [0.15, 0.2) is 0 Å². The van der Waals surface area contributed by atoms with Crippen LogP contribution in [0.15, 0.2) is 24.3 Å². The van der Waals surface area contributed by atoms with Crippen molar-refractivity contribution in [2.45, 2.75) is 38.5 Å². The van der Waals surface area contributed by atoms with Crippen molar-refractivity contribution in [1.82, 2.24) is 0 Å². The number of carbonyl (C=O) groups is 1. The molecule has 3 nitrogen and oxygen atoms in total. The number of hydrogen-bond donors (Lipinski definition) is 2. The zero-order valence-electron chi connectivity index (χ0n) is 10.9. The minimum atomic E-state index is -0.786. The molecular weight excluding hydrogens is 228 g/mol. The van der Waals surface area contributed by atoms with Gasteiger partial charge >= 0.3 is 5.97 Å². The van der Waals surface area contributed by atoms with E-state index >= 15 is 0 Å². The SMILES string of the molecule is CC(C)(Cc1ccccc1C1(CO)CC1)C(=O)O. The van der Waals surface area contributed by atoms with Gasteiger partial charge in [0, 0.05) is 5.41 Å². The molecule has 2 rings (SSSR count). The molecule has 0 atom stereocenters. The van der Waals surface area contributed by atoms with Crippen molar-refractivity contribution in [3.05, 3.63) is 35.4 Å². The van der Waals surface area contributed by atoms with Gasteiger partial charge in [-0.1, -0.05) is 24.3 Å². The van der Waals surface area contributed by atoms with Gasteiger partial charge in [-0.3, -0.25) is 4.79 Å². The average molecular weight is 248 g/mol. The number of rotatable bonds is 5. The molecule has 0 bridgehead atoms. The summed E-state index contributed by atoms with van der Waals surface area (Å²) in [6.07, 6.45) is 2.49. The minimum Gasteiger partial charge on any atom is -0.481 e. The van der Waals surface area contributed by atoms with Crippen molar-refractivity contribution in [2.75, 3.05) is 6.61 Å². The van der Waals surface area contributed by atoms with Crippen LogP contribution in [-0.4, -0.2) is 22.8 Å². The standard InChI is InChI=1S/C15H20O3/c1-14(2,13(17)18)9-11-5-3-4-6-12(11)15(10-16)7-8-15/h3-6,16H,7-10H2,1-2H3,(H,17,18). The van der Waals surface area contributed by atoms with Gasteiger partial charge in [-0.05, 0) is 44.2 Å². The minimum absolute atomic E-state index is 0.106. The molecule has 0 amide bonds. The molecule has 1 aromatic rings. The normalized spacial score (nSPS) is 17.5. The second kappa shape index (κ2) is 4.39. The van der Waals surface area contributed by atoms with Crippen LogP contribution in [-0.2, 0) is 16.6 Å². The maximum absolute atomic E-state index is 11.2. The van der Waals surface area contributed by atoms with Crippen LogP contribution in [0.5, 0.6) is 0 Å². The fourth-order valence-electron chi connectivity index (χ4n) is 2.41. The molecular formula is C15H20O3. The first-order chi connectivity index (χ1) is 8.41. The third-order valence-corrected chi connectivity index (χ3v) is 3.96. The molecule has 98 valence electrons. The van der Waals surface area contributed by atoms with Crippen molar-refractivity contribution in [1.29, 1.82) is 0 Å². The number of aliphatic hydroxyl groups is 1. The summed E-state index contributed by atoms with van der Waals surface area (Å²) in [5, 5.41) is 18.7. The van der Waals surface area contributed by atoms with Gasteiger partial charge in [-0.2, -0.15) is 0 Å². The Labute approximate surface area is 107 Å². The quantitative estimate of drug-likeness (QED) is 0.841. The largest absolute Gasteiger partial charge is 0.481 e. The third kappa shape index (κ3) is 2.27. The number of carboxylic acids is 1. The van der Waals surface area contributed by atoms with Crippen LogP contribution >= 0.6 is 0 Å². The van der Waals surface area contributed by atoms with Crippen LogP contribution in [0.25, 0.3) is 0 Å². The summed E-state index contributed by atoms with van der Waals surface area (Å²) in [6.45, 7) is 3.63. The highest BCUT2D eigenvalue weighted by molar-refractivity contribution is 5.74. The zero-order chi connectivity index (χ0) is 13.4. The molecule has 1 saturated carbocycles. The lowest BCUT2D eigenvalue weighted by molar-refractivity contribution is -0.146. The monoisotopic (exact) mass is 248 g/mol. The van der Waals surface area contributed by atoms with Crippen LogP contribution < -0.4 is 0 Å². The van der Waals surface area contributed by atoms with E-state index in [4.69, 9.17) is 0 Å². The van der Waals surface area contributed by atoms with E-state index in [-0.39, 0.29) is 12.0 Å². The van der Waals surface area contributed by atoms with Crippen LogP contribution in [0.2, 0.25) is 0 Å². The number of benzene rings is 1. The van der Waals surface area contributed by atoms with E-state index in [0.29, 0.717) is 6.42 Å². The summed E-state index contributed by atoms with van der Waals surface area (Å²) in [6, 6.07) is 7.90. The summed E-state index contributed by atoms with van der Waals surface area (Å²) in [5.74, 6) is -0.786. The van der Waals surface area contributed by atoms with Gasteiger partial charge < -0.3 is 10.2 Å². The molecule has 1 fully saturated rings. The smallest absolute Gasteiger partial charge is 0.309 e. The average Bonchev–Trinajstić information content (AvgIpc) is 3.10. The molecule has 1 aliphatic carbocycles. The van der Waals surface area contributed by atoms with Crippen LogP contribution in [0.1, 0.15) is 37.8 Å². The van der Waals surface area contributed by atoms with E-state index in [0.717, 1.165) is 24.0 Å². The number of aliphatic hydroxyl groups excluding tert-OH is 1. The summed E-state index contributed by atoms with van der Waals surface area (Å²) in [7, 11) is 0. The van der Waals surface area contributed by atoms with Gasteiger partial charge in [0.25, 0.3) is 0 Å². The number of aliphatic carboxylic acids is 1. The van der Waals surface area contributed by atoms with E-state index in [1.165, 1.54) is 0 Å². The van der Waals surface area contributed by atoms with Crippen molar-refractivity contribution in [3.63, 3.8) is 0 Å². The van der Waals surface area contributed by atoms with E-state index in [2.05, 4.69) is 0 Å². The van der Waals surface area contributed by atoms with E-state index < -0.39 is 11.4 Å². The van der Waals surface area contributed by atoms with Crippen molar-refractivity contribution in [2.24, 2.45) is 5.41 Å². The molecule has 0 spiro atoms. The fraction of sp³-hybridized carbons (Fsp3) is 0.533. The van der Waals surface area contributed by atoms with Crippen LogP contribution in [0.3, 0.4) is 0 Å². The van der Waals surface area contributed by atoms with Crippen molar-refractivity contribution < 1.29 is 15.0 Å². The Bertz CT molecular complexity index is 459. The fourth-order valence-corrected chi connectivity index (χ4v) is 2.41. The first kappa shape index (κ1) is 13.1. The molecule has 3 heteroatoms. The predicted octanol–water partition coefficient (Wildman–Crippen LogP) is 2.36. The molecule has 0 unspecified atom stereocenters. The molecule has 1 aliphatic rings. The first-order valence-corrected chi connectivity index (χ1v) is 6.34. The molecule has 0 heterocycles. The highest BCUT2D eigenvalue weighted by Gasteiger charge is 2.45. The van der Waals surface area contributed by atoms with Gasteiger partial charge in [0.1, 0.15) is 0 Å². The van der Waals surface area contributed by atoms with Crippen molar-refractivity contribution in [3.8, 4) is 0 Å². The molecule has 1 aromatic carbocycles. The molecule has 18 heavy (non-hydrogen) atoms. The summed E-state index contributed by atoms with van der Waals surface area (Å²) < 4.78 is 0. The lowest BCUT2D eigenvalue weighted by atomic mass is 9.81. The maximum atomic E-state index is 11.2. The van der Waals surface area contributed by atoms with E-state index in [1.807, 2.05) is 24.3 Å². The lowest BCUT2D eigenvalue weighted by Gasteiger charge is -2.23. The summed E-state index contributed by atoms with van der Waals surface area (Å²) >= 11 is 0. The second-order valence-corrected chi connectivity index (χ2v) is 5.96. The third-order valence-electron chi connectivity index (χ3n) is 3.96.